The molecule has 0 spiro atoms. The summed E-state index contributed by atoms with van der Waals surface area (Å²) in [6.45, 7) is 10.1. The molecule has 0 aliphatic carbocycles. The van der Waals surface area contributed by atoms with Crippen molar-refractivity contribution >= 4 is 29.9 Å². The van der Waals surface area contributed by atoms with Gasteiger partial charge < -0.3 is 24.2 Å². The van der Waals surface area contributed by atoms with Crippen LogP contribution in [0.3, 0.4) is 0 Å². The number of nitrogens with zero attached hydrogens (tertiary/aromatic N) is 5. The Balaban J connectivity index is 0.00000289. The van der Waals surface area contributed by atoms with Gasteiger partial charge in [0.15, 0.2) is 23.3 Å². The molecule has 0 atom stereocenters. The predicted molar refractivity (Wildman–Crippen MR) is 133 cm³/mol. The molecule has 0 unspecified atom stereocenters. The van der Waals surface area contributed by atoms with Crippen LogP contribution in [-0.2, 0) is 13.0 Å². The lowest BCUT2D eigenvalue weighted by atomic mass is 10.1. The smallest absolute Gasteiger partial charge is 0.231 e. The van der Waals surface area contributed by atoms with E-state index in [1.807, 2.05) is 13.1 Å². The van der Waals surface area contributed by atoms with E-state index in [0.29, 0.717) is 12.7 Å². The number of benzene rings is 1. The number of fused-ring (bicyclic) bond motifs is 1. The quantitative estimate of drug-likeness (QED) is 0.241. The molecule has 1 aromatic carbocycles. The molecule has 1 fully saturated rings. The van der Waals surface area contributed by atoms with Crippen LogP contribution in [0.15, 0.2) is 27.7 Å². The van der Waals surface area contributed by atoms with Gasteiger partial charge in [-0.3, -0.25) is 9.89 Å². The van der Waals surface area contributed by atoms with Crippen LogP contribution in [0.25, 0.3) is 0 Å². The van der Waals surface area contributed by atoms with Crippen molar-refractivity contribution in [3.8, 4) is 11.5 Å². The Morgan fingerprint density at radius 3 is 2.66 bits per heavy atom. The van der Waals surface area contributed by atoms with Gasteiger partial charge in [-0.1, -0.05) is 25.1 Å². The monoisotopic (exact) mass is 556 g/mol. The Kier molecular flexibility index (Phi) is 8.97. The molecule has 3 heterocycles. The van der Waals surface area contributed by atoms with Crippen molar-refractivity contribution in [3.05, 3.63) is 35.5 Å². The Morgan fingerprint density at radius 1 is 1.16 bits per heavy atom. The summed E-state index contributed by atoms with van der Waals surface area (Å²) in [6.07, 6.45) is 1.69. The molecule has 0 amide bonds. The van der Waals surface area contributed by atoms with Gasteiger partial charge in [-0.2, -0.15) is 4.98 Å². The molecule has 2 aliphatic rings. The summed E-state index contributed by atoms with van der Waals surface area (Å²) in [5.41, 5.74) is 1.25. The third kappa shape index (κ3) is 6.25. The molecule has 1 saturated heterocycles. The van der Waals surface area contributed by atoms with E-state index in [9.17, 15) is 0 Å². The van der Waals surface area contributed by atoms with Crippen molar-refractivity contribution in [2.45, 2.75) is 39.2 Å². The van der Waals surface area contributed by atoms with Gasteiger partial charge in [-0.15, -0.1) is 24.0 Å². The molecule has 0 radical (unpaired) electrons. The van der Waals surface area contributed by atoms with Crippen LogP contribution in [0.2, 0.25) is 0 Å². The lowest BCUT2D eigenvalue weighted by Gasteiger charge is -2.36. The number of hydrogen-bond acceptors (Lipinski definition) is 7. The molecule has 10 heteroatoms. The topological polar surface area (TPSA) is 88.2 Å². The molecule has 32 heavy (non-hydrogen) atoms. The third-order valence-electron chi connectivity index (χ3n) is 5.58. The summed E-state index contributed by atoms with van der Waals surface area (Å²) < 4.78 is 16.2. The van der Waals surface area contributed by atoms with E-state index in [-0.39, 0.29) is 29.9 Å². The highest BCUT2D eigenvalue weighted by atomic mass is 127. The average Bonchev–Trinajstić information content (AvgIpc) is 3.44. The number of rotatable bonds is 7. The number of piperazine rings is 1. The highest BCUT2D eigenvalue weighted by molar-refractivity contribution is 14.0. The SMILES string of the molecule is CN=C(NCCCc1nc(C(C)C)no1)N1CCN(Cc2ccc3c(c2)OCO3)CC1.I. The number of halogens is 1. The first kappa shape index (κ1) is 24.6. The van der Waals surface area contributed by atoms with E-state index in [2.05, 4.69) is 56.2 Å². The molecule has 1 aromatic heterocycles. The minimum Gasteiger partial charge on any atom is -0.454 e. The molecule has 1 N–H and O–H groups in total. The van der Waals surface area contributed by atoms with Crippen molar-refractivity contribution in [1.29, 1.82) is 0 Å². The van der Waals surface area contributed by atoms with Crippen LogP contribution < -0.4 is 14.8 Å². The maximum Gasteiger partial charge on any atom is 0.231 e. The Labute approximate surface area is 206 Å². The zero-order valence-corrected chi connectivity index (χ0v) is 21.4. The second kappa shape index (κ2) is 11.7. The minimum atomic E-state index is 0. The number of aliphatic imine (C=N–C) groups is 1. The van der Waals surface area contributed by atoms with Gasteiger partial charge >= 0.3 is 0 Å². The summed E-state index contributed by atoms with van der Waals surface area (Å²) in [5, 5.41) is 7.49. The van der Waals surface area contributed by atoms with E-state index in [4.69, 9.17) is 14.0 Å². The third-order valence-corrected chi connectivity index (χ3v) is 5.58. The summed E-state index contributed by atoms with van der Waals surface area (Å²) in [6, 6.07) is 6.20. The van der Waals surface area contributed by atoms with Gasteiger partial charge in [0.25, 0.3) is 0 Å². The number of guanidine groups is 1. The Morgan fingerprint density at radius 2 is 1.94 bits per heavy atom. The van der Waals surface area contributed by atoms with E-state index in [1.165, 1.54) is 5.56 Å². The zero-order chi connectivity index (χ0) is 21.6. The first-order valence-corrected chi connectivity index (χ1v) is 11.0. The second-order valence-electron chi connectivity index (χ2n) is 8.23. The number of aryl methyl sites for hydroxylation is 1. The summed E-state index contributed by atoms with van der Waals surface area (Å²) in [4.78, 5) is 13.7. The van der Waals surface area contributed by atoms with Crippen LogP contribution in [0.4, 0.5) is 0 Å². The van der Waals surface area contributed by atoms with Crippen LogP contribution in [0.1, 0.15) is 43.5 Å². The molecule has 0 bridgehead atoms. The number of hydrogen-bond donors (Lipinski definition) is 1. The number of aromatic nitrogens is 2. The zero-order valence-electron chi connectivity index (χ0n) is 19.0. The maximum absolute atomic E-state index is 5.49. The fourth-order valence-corrected chi connectivity index (χ4v) is 3.79. The molecular formula is C22H33IN6O3. The molecular weight excluding hydrogens is 523 g/mol. The van der Waals surface area contributed by atoms with E-state index in [1.54, 1.807) is 0 Å². The molecule has 2 aliphatic heterocycles. The van der Waals surface area contributed by atoms with Crippen molar-refractivity contribution < 1.29 is 14.0 Å². The van der Waals surface area contributed by atoms with Crippen molar-refractivity contribution in [3.63, 3.8) is 0 Å². The average molecular weight is 556 g/mol. The molecule has 4 rings (SSSR count). The van der Waals surface area contributed by atoms with Crippen LogP contribution in [0, 0.1) is 0 Å². The lowest BCUT2D eigenvalue weighted by Crippen LogP contribution is -2.52. The maximum atomic E-state index is 5.49. The first-order chi connectivity index (χ1) is 15.1. The molecule has 176 valence electrons. The van der Waals surface area contributed by atoms with Gasteiger partial charge in [-0.05, 0) is 24.1 Å². The molecule has 2 aromatic rings. The van der Waals surface area contributed by atoms with Gasteiger partial charge in [-0.25, -0.2) is 0 Å². The summed E-state index contributed by atoms with van der Waals surface area (Å²) in [5.74, 6) is 4.41. The fourth-order valence-electron chi connectivity index (χ4n) is 3.79. The predicted octanol–water partition coefficient (Wildman–Crippen LogP) is 2.87. The van der Waals surface area contributed by atoms with Crippen LogP contribution >= 0.6 is 24.0 Å². The summed E-state index contributed by atoms with van der Waals surface area (Å²) >= 11 is 0. The lowest BCUT2D eigenvalue weighted by molar-refractivity contribution is 0.171. The van der Waals surface area contributed by atoms with Crippen molar-refractivity contribution in [1.82, 2.24) is 25.3 Å². The van der Waals surface area contributed by atoms with E-state index in [0.717, 1.165) is 75.4 Å². The van der Waals surface area contributed by atoms with Gasteiger partial charge in [0.2, 0.25) is 12.7 Å². The largest absolute Gasteiger partial charge is 0.454 e. The van der Waals surface area contributed by atoms with Gasteiger partial charge in [0, 0.05) is 58.7 Å². The minimum absolute atomic E-state index is 0. The number of nitrogens with one attached hydrogen (secondary N) is 1. The van der Waals surface area contributed by atoms with E-state index >= 15 is 0 Å². The first-order valence-electron chi connectivity index (χ1n) is 11.0. The highest BCUT2D eigenvalue weighted by Gasteiger charge is 2.21. The summed E-state index contributed by atoms with van der Waals surface area (Å²) in [7, 11) is 1.84. The molecule has 9 nitrogen and oxygen atoms in total. The fraction of sp³-hybridized carbons (Fsp3) is 0.591. The standard InChI is InChI=1S/C22H32N6O3.HI/c1-16(2)21-25-20(31-26-21)5-4-8-24-22(23-3)28-11-9-27(10-12-28)14-17-6-7-18-19(13-17)30-15-29-18;/h6-7,13,16H,4-5,8-12,14-15H2,1-3H3,(H,23,24);1H. The second-order valence-corrected chi connectivity index (χ2v) is 8.23. The number of ether oxygens (including phenoxy) is 2. The van der Waals surface area contributed by atoms with Crippen molar-refractivity contribution in [2.75, 3.05) is 46.6 Å². The highest BCUT2D eigenvalue weighted by Crippen LogP contribution is 2.32. The Bertz CT molecular complexity index is 896. The van der Waals surface area contributed by atoms with Crippen LogP contribution in [-0.4, -0.2) is 72.5 Å². The molecule has 0 saturated carbocycles. The Hall–Kier alpha value is -2.08. The van der Waals surface area contributed by atoms with Gasteiger partial charge in [0.05, 0.1) is 0 Å². The van der Waals surface area contributed by atoms with Crippen molar-refractivity contribution in [2.24, 2.45) is 4.99 Å². The van der Waals surface area contributed by atoms with E-state index < -0.39 is 0 Å². The van der Waals surface area contributed by atoms with Gasteiger partial charge in [0.1, 0.15) is 0 Å². The normalized spacial score (nSPS) is 16.4. The van der Waals surface area contributed by atoms with Crippen LogP contribution in [0.5, 0.6) is 11.5 Å².